The van der Waals surface area contributed by atoms with Crippen LogP contribution in [0.2, 0.25) is 0 Å². The van der Waals surface area contributed by atoms with E-state index in [4.69, 9.17) is 4.74 Å². The highest BCUT2D eigenvalue weighted by Crippen LogP contribution is 2.11. The number of nitrogens with zero attached hydrogens (tertiary/aromatic N) is 1. The van der Waals surface area contributed by atoms with Gasteiger partial charge in [-0.1, -0.05) is 22.9 Å². The van der Waals surface area contributed by atoms with Crippen LogP contribution in [0.25, 0.3) is 0 Å². The van der Waals surface area contributed by atoms with E-state index in [0.29, 0.717) is 13.0 Å². The Morgan fingerprint density at radius 1 is 1.31 bits per heavy atom. The molecule has 0 aliphatic rings. The molecule has 94 valence electrons. The minimum atomic E-state index is -0.361. The molecule has 16 heavy (non-hydrogen) atoms. The van der Waals surface area contributed by atoms with Gasteiger partial charge >= 0.3 is 5.97 Å². The molecule has 1 unspecified atom stereocenters. The summed E-state index contributed by atoms with van der Waals surface area (Å²) in [6.45, 7) is 7.79. The van der Waals surface area contributed by atoms with E-state index in [0.717, 1.165) is 0 Å². The molecule has 0 aromatic rings. The van der Waals surface area contributed by atoms with Crippen molar-refractivity contribution in [1.29, 1.82) is 0 Å². The van der Waals surface area contributed by atoms with Gasteiger partial charge in [0.2, 0.25) is 5.91 Å². The minimum Gasteiger partial charge on any atom is -0.465 e. The van der Waals surface area contributed by atoms with Crippen molar-refractivity contribution in [2.45, 2.75) is 45.0 Å². The van der Waals surface area contributed by atoms with E-state index in [1.54, 1.807) is 6.92 Å². The average molecular weight is 294 g/mol. The number of ether oxygens (including phenoxy) is 1. The van der Waals surface area contributed by atoms with E-state index in [1.165, 1.54) is 4.90 Å². The fourth-order valence-corrected chi connectivity index (χ4v) is 1.48. The first kappa shape index (κ1) is 15.4. The lowest BCUT2D eigenvalue weighted by atomic mass is 10.2. The Hall–Kier alpha value is -0.580. The van der Waals surface area contributed by atoms with Crippen LogP contribution >= 0.6 is 15.9 Å². The molecule has 1 amide bonds. The first-order valence-corrected chi connectivity index (χ1v) is 6.45. The number of esters is 1. The molecule has 0 rings (SSSR count). The summed E-state index contributed by atoms with van der Waals surface area (Å²) < 4.78 is 4.84. The highest BCUT2D eigenvalue weighted by Gasteiger charge is 2.25. The highest BCUT2D eigenvalue weighted by molar-refractivity contribution is 9.10. The van der Waals surface area contributed by atoms with Gasteiger partial charge in [-0.3, -0.25) is 9.59 Å². The lowest BCUT2D eigenvalue weighted by Gasteiger charge is -2.27. The van der Waals surface area contributed by atoms with Crippen LogP contribution in [0.3, 0.4) is 0 Å². The summed E-state index contributed by atoms with van der Waals surface area (Å²) in [6.07, 6.45) is 0.699. The fourth-order valence-electron chi connectivity index (χ4n) is 1.22. The van der Waals surface area contributed by atoms with Gasteiger partial charge < -0.3 is 9.64 Å². The predicted molar refractivity (Wildman–Crippen MR) is 66.5 cm³/mol. The van der Waals surface area contributed by atoms with Crippen LogP contribution in [-0.2, 0) is 14.3 Å². The number of rotatable bonds is 6. The third kappa shape index (κ3) is 4.96. The first-order chi connectivity index (χ1) is 7.43. The minimum absolute atomic E-state index is 0.0106. The highest BCUT2D eigenvalue weighted by atomic mass is 79.9. The summed E-state index contributed by atoms with van der Waals surface area (Å²) in [4.78, 5) is 24.6. The number of hydrogen-bond donors (Lipinski definition) is 0. The molecule has 5 heteroatoms. The normalized spacial score (nSPS) is 12.4. The van der Waals surface area contributed by atoms with E-state index >= 15 is 0 Å². The van der Waals surface area contributed by atoms with Gasteiger partial charge in [0.15, 0.2) is 0 Å². The van der Waals surface area contributed by atoms with Gasteiger partial charge in [-0.2, -0.15) is 0 Å². The summed E-state index contributed by atoms with van der Waals surface area (Å²) in [5.41, 5.74) is 0. The summed E-state index contributed by atoms with van der Waals surface area (Å²) >= 11 is 3.30. The maximum Gasteiger partial charge on any atom is 0.325 e. The Morgan fingerprint density at radius 2 is 1.88 bits per heavy atom. The topological polar surface area (TPSA) is 46.6 Å². The number of carbonyl (C=O) groups excluding carboxylic acids is 2. The number of amides is 1. The van der Waals surface area contributed by atoms with Crippen LogP contribution in [0.1, 0.15) is 34.1 Å². The smallest absolute Gasteiger partial charge is 0.325 e. The monoisotopic (exact) mass is 293 g/mol. The quantitative estimate of drug-likeness (QED) is 0.556. The summed E-state index contributed by atoms with van der Waals surface area (Å²) in [6, 6.07) is -0.0106. The maximum absolute atomic E-state index is 11.9. The number of alkyl halides is 1. The van der Waals surface area contributed by atoms with E-state index in [2.05, 4.69) is 15.9 Å². The maximum atomic E-state index is 11.9. The molecule has 0 aliphatic heterocycles. The molecular formula is C11H20BrNO3. The molecule has 0 aromatic carbocycles. The Labute approximate surface area is 105 Å². The Balaban J connectivity index is 4.50. The Kier molecular flexibility index (Phi) is 7.38. The van der Waals surface area contributed by atoms with Crippen LogP contribution in [0.4, 0.5) is 0 Å². The second kappa shape index (κ2) is 7.65. The van der Waals surface area contributed by atoms with Gasteiger partial charge in [0.05, 0.1) is 11.4 Å². The molecule has 0 heterocycles. The molecular weight excluding hydrogens is 274 g/mol. The molecule has 0 aliphatic carbocycles. The van der Waals surface area contributed by atoms with E-state index in [-0.39, 0.29) is 29.3 Å². The zero-order chi connectivity index (χ0) is 12.7. The molecule has 0 aromatic heterocycles. The lowest BCUT2D eigenvalue weighted by molar-refractivity contribution is -0.149. The SMILES string of the molecule is CCOC(=O)CN(C(=O)C(Br)CC)C(C)C. The van der Waals surface area contributed by atoms with E-state index in [1.807, 2.05) is 20.8 Å². The van der Waals surface area contributed by atoms with Crippen molar-refractivity contribution in [3.8, 4) is 0 Å². The van der Waals surface area contributed by atoms with Crippen molar-refractivity contribution >= 4 is 27.8 Å². The number of carbonyl (C=O) groups is 2. The van der Waals surface area contributed by atoms with Crippen molar-refractivity contribution in [3.05, 3.63) is 0 Å². The third-order valence-electron chi connectivity index (χ3n) is 2.14. The van der Waals surface area contributed by atoms with Crippen molar-refractivity contribution in [1.82, 2.24) is 4.90 Å². The predicted octanol–water partition coefficient (Wildman–Crippen LogP) is 1.96. The number of halogens is 1. The molecule has 4 nitrogen and oxygen atoms in total. The molecule has 0 N–H and O–H groups in total. The summed E-state index contributed by atoms with van der Waals surface area (Å²) in [5, 5.41) is 0. The zero-order valence-corrected chi connectivity index (χ0v) is 11.9. The van der Waals surface area contributed by atoms with Gasteiger partial charge in [-0.25, -0.2) is 0 Å². The molecule has 1 atom stereocenters. The van der Waals surface area contributed by atoms with Gasteiger partial charge in [-0.15, -0.1) is 0 Å². The van der Waals surface area contributed by atoms with Crippen LogP contribution in [0.15, 0.2) is 0 Å². The van der Waals surface area contributed by atoms with Crippen LogP contribution in [-0.4, -0.2) is 40.8 Å². The van der Waals surface area contributed by atoms with Gasteiger partial charge in [0, 0.05) is 6.04 Å². The summed E-state index contributed by atoms with van der Waals surface area (Å²) in [5.74, 6) is -0.425. The molecule has 0 saturated carbocycles. The van der Waals surface area contributed by atoms with Gasteiger partial charge in [0.1, 0.15) is 6.54 Å². The van der Waals surface area contributed by atoms with E-state index in [9.17, 15) is 9.59 Å². The molecule has 0 fully saturated rings. The Bertz CT molecular complexity index is 243. The third-order valence-corrected chi connectivity index (χ3v) is 3.18. The van der Waals surface area contributed by atoms with Crippen molar-refractivity contribution < 1.29 is 14.3 Å². The standard InChI is InChI=1S/C11H20BrNO3/c1-5-9(12)11(15)13(8(3)4)7-10(14)16-6-2/h8-9H,5-7H2,1-4H3. The van der Waals surface area contributed by atoms with Gasteiger partial charge in [0.25, 0.3) is 0 Å². The van der Waals surface area contributed by atoms with Crippen LogP contribution < -0.4 is 0 Å². The van der Waals surface area contributed by atoms with Gasteiger partial charge in [-0.05, 0) is 27.2 Å². The van der Waals surface area contributed by atoms with Crippen LogP contribution in [0.5, 0.6) is 0 Å². The molecule has 0 saturated heterocycles. The lowest BCUT2D eigenvalue weighted by Crippen LogP contribution is -2.44. The molecule has 0 spiro atoms. The summed E-state index contributed by atoms with van der Waals surface area (Å²) in [7, 11) is 0. The van der Waals surface area contributed by atoms with Crippen LogP contribution in [0, 0.1) is 0 Å². The van der Waals surface area contributed by atoms with E-state index < -0.39 is 0 Å². The van der Waals surface area contributed by atoms with Crippen molar-refractivity contribution in [3.63, 3.8) is 0 Å². The average Bonchev–Trinajstić information content (AvgIpc) is 2.23. The van der Waals surface area contributed by atoms with Crippen molar-refractivity contribution in [2.24, 2.45) is 0 Å². The fraction of sp³-hybridized carbons (Fsp3) is 0.818. The second-order valence-electron chi connectivity index (χ2n) is 3.74. The molecule has 0 radical (unpaired) electrons. The van der Waals surface area contributed by atoms with Crippen molar-refractivity contribution in [2.75, 3.05) is 13.2 Å². The molecule has 0 bridgehead atoms. The first-order valence-electron chi connectivity index (χ1n) is 5.54. The number of hydrogen-bond acceptors (Lipinski definition) is 3. The Morgan fingerprint density at radius 3 is 2.25 bits per heavy atom. The second-order valence-corrected chi connectivity index (χ2v) is 4.85. The largest absolute Gasteiger partial charge is 0.465 e. The zero-order valence-electron chi connectivity index (χ0n) is 10.3.